The molecule has 0 aliphatic carbocycles. The highest BCUT2D eigenvalue weighted by Crippen LogP contribution is 2.31. The molecule has 208 valence electrons. The molecule has 0 N–H and O–H groups in total. The average molecular weight is 534 g/mol. The fourth-order valence-electron chi connectivity index (χ4n) is 5.80. The highest BCUT2D eigenvalue weighted by molar-refractivity contribution is 5.60. The van der Waals surface area contributed by atoms with Crippen molar-refractivity contribution in [2.75, 3.05) is 42.6 Å². The van der Waals surface area contributed by atoms with Crippen molar-refractivity contribution in [1.82, 2.24) is 14.5 Å². The summed E-state index contributed by atoms with van der Waals surface area (Å²) in [7, 11) is 1.70. The molecule has 0 bridgehead atoms. The first kappa shape index (κ1) is 27.3. The summed E-state index contributed by atoms with van der Waals surface area (Å²) < 4.78 is 22.0. The molecule has 0 spiro atoms. The van der Waals surface area contributed by atoms with Crippen molar-refractivity contribution in [1.29, 1.82) is 0 Å². The van der Waals surface area contributed by atoms with Gasteiger partial charge in [0.25, 0.3) is 5.56 Å². The molecule has 4 heterocycles. The molecular formula is C31H40FN5O2. The summed E-state index contributed by atoms with van der Waals surface area (Å²) in [6.07, 6.45) is 11.9. The number of hydrogen-bond acceptors (Lipinski definition) is 6. The molecule has 2 fully saturated rings. The molecule has 5 rings (SSSR count). The lowest BCUT2D eigenvalue weighted by Gasteiger charge is -2.34. The van der Waals surface area contributed by atoms with Crippen molar-refractivity contribution in [2.24, 2.45) is 13.0 Å². The van der Waals surface area contributed by atoms with Gasteiger partial charge in [-0.15, -0.1) is 0 Å². The molecule has 0 amide bonds. The lowest BCUT2D eigenvalue weighted by molar-refractivity contribution is 0.0390. The number of unbranched alkanes of at least 4 members (excludes halogenated alkanes) is 4. The number of morpholine rings is 1. The number of anilines is 2. The molecule has 0 unspecified atom stereocenters. The van der Waals surface area contributed by atoms with Crippen LogP contribution in [0, 0.1) is 11.7 Å². The minimum atomic E-state index is -0.500. The van der Waals surface area contributed by atoms with E-state index in [0.717, 1.165) is 30.8 Å². The van der Waals surface area contributed by atoms with E-state index in [1.165, 1.54) is 67.5 Å². The molecule has 2 atom stereocenters. The first-order chi connectivity index (χ1) is 19.0. The van der Waals surface area contributed by atoms with Crippen LogP contribution in [0.1, 0.15) is 63.5 Å². The van der Waals surface area contributed by atoms with Crippen molar-refractivity contribution in [3.8, 4) is 11.3 Å². The van der Waals surface area contributed by atoms with E-state index in [-0.39, 0.29) is 17.2 Å². The number of rotatable bonds is 10. The summed E-state index contributed by atoms with van der Waals surface area (Å²) in [6.45, 7) is 6.22. The van der Waals surface area contributed by atoms with E-state index in [1.807, 2.05) is 0 Å². The van der Waals surface area contributed by atoms with Crippen LogP contribution < -0.4 is 15.4 Å². The Balaban J connectivity index is 1.23. The van der Waals surface area contributed by atoms with Gasteiger partial charge in [-0.3, -0.25) is 14.3 Å². The fraction of sp³-hybridized carbons (Fsp3) is 0.516. The van der Waals surface area contributed by atoms with Gasteiger partial charge in [0.1, 0.15) is 6.10 Å². The minimum Gasteiger partial charge on any atom is -0.371 e. The number of benzene rings is 1. The van der Waals surface area contributed by atoms with Crippen LogP contribution in [0.5, 0.6) is 0 Å². The maximum absolute atomic E-state index is 14.4. The van der Waals surface area contributed by atoms with Crippen molar-refractivity contribution in [2.45, 2.75) is 58.0 Å². The van der Waals surface area contributed by atoms with Gasteiger partial charge < -0.3 is 14.5 Å². The van der Waals surface area contributed by atoms with E-state index >= 15 is 0 Å². The zero-order chi connectivity index (χ0) is 27.2. The Morgan fingerprint density at radius 3 is 2.64 bits per heavy atom. The van der Waals surface area contributed by atoms with Gasteiger partial charge in [0.15, 0.2) is 5.82 Å². The van der Waals surface area contributed by atoms with Crippen molar-refractivity contribution in [3.63, 3.8) is 0 Å². The highest BCUT2D eigenvalue weighted by Gasteiger charge is 2.27. The van der Waals surface area contributed by atoms with Crippen molar-refractivity contribution >= 4 is 11.6 Å². The van der Waals surface area contributed by atoms with Gasteiger partial charge in [0.05, 0.1) is 25.0 Å². The van der Waals surface area contributed by atoms with Crippen LogP contribution in [0.25, 0.3) is 11.3 Å². The summed E-state index contributed by atoms with van der Waals surface area (Å²) in [6, 6.07) is 11.7. The third-order valence-corrected chi connectivity index (χ3v) is 8.14. The van der Waals surface area contributed by atoms with Gasteiger partial charge in [-0.05, 0) is 42.5 Å². The topological polar surface area (TPSA) is 63.5 Å². The smallest absolute Gasteiger partial charge is 0.255 e. The Kier molecular flexibility index (Phi) is 8.91. The summed E-state index contributed by atoms with van der Waals surface area (Å²) in [5, 5.41) is 0. The molecule has 39 heavy (non-hydrogen) atoms. The van der Waals surface area contributed by atoms with Crippen molar-refractivity contribution < 1.29 is 9.13 Å². The van der Waals surface area contributed by atoms with Crippen LogP contribution in [0.2, 0.25) is 0 Å². The maximum Gasteiger partial charge on any atom is 0.255 e. The Morgan fingerprint density at radius 2 is 1.85 bits per heavy atom. The number of ether oxygens (including phenoxy) is 1. The second kappa shape index (κ2) is 12.7. The van der Waals surface area contributed by atoms with E-state index in [9.17, 15) is 9.18 Å². The third kappa shape index (κ3) is 6.49. The van der Waals surface area contributed by atoms with Gasteiger partial charge in [0, 0.05) is 50.2 Å². The van der Waals surface area contributed by atoms with Gasteiger partial charge in [-0.2, -0.15) is 0 Å². The highest BCUT2D eigenvalue weighted by atomic mass is 19.1. The predicted octanol–water partition coefficient (Wildman–Crippen LogP) is 5.75. The molecule has 2 aliphatic rings. The van der Waals surface area contributed by atoms with Gasteiger partial charge in [-0.25, -0.2) is 9.37 Å². The second-order valence-corrected chi connectivity index (χ2v) is 10.9. The molecule has 3 aromatic rings. The Morgan fingerprint density at radius 1 is 1.03 bits per heavy atom. The molecule has 8 heteroatoms. The lowest BCUT2D eigenvalue weighted by Crippen LogP contribution is -2.41. The van der Waals surface area contributed by atoms with E-state index in [2.05, 4.69) is 51.0 Å². The normalized spacial score (nSPS) is 19.6. The Hall–Kier alpha value is -3.26. The second-order valence-electron chi connectivity index (χ2n) is 10.9. The van der Waals surface area contributed by atoms with E-state index < -0.39 is 5.82 Å². The van der Waals surface area contributed by atoms with Gasteiger partial charge in [-0.1, -0.05) is 51.2 Å². The summed E-state index contributed by atoms with van der Waals surface area (Å²) in [5.41, 5.74) is 2.73. The van der Waals surface area contributed by atoms with Crippen LogP contribution in [0.4, 0.5) is 16.0 Å². The molecule has 7 nitrogen and oxygen atoms in total. The summed E-state index contributed by atoms with van der Waals surface area (Å²) in [5.74, 6) is 0.814. The van der Waals surface area contributed by atoms with E-state index in [1.54, 1.807) is 13.1 Å². The van der Waals surface area contributed by atoms with Crippen LogP contribution in [0.3, 0.4) is 0 Å². The molecule has 1 aromatic carbocycles. The Bertz CT molecular complexity index is 1290. The number of aromatic nitrogens is 3. The van der Waals surface area contributed by atoms with Crippen LogP contribution in [-0.2, 0) is 11.8 Å². The first-order valence-electron chi connectivity index (χ1n) is 14.4. The van der Waals surface area contributed by atoms with E-state index in [0.29, 0.717) is 31.3 Å². The summed E-state index contributed by atoms with van der Waals surface area (Å²) >= 11 is 0. The zero-order valence-electron chi connectivity index (χ0n) is 23.2. The fourth-order valence-corrected chi connectivity index (χ4v) is 5.80. The number of pyridine rings is 1. The predicted molar refractivity (Wildman–Crippen MR) is 154 cm³/mol. The summed E-state index contributed by atoms with van der Waals surface area (Å²) in [4.78, 5) is 25.8. The van der Waals surface area contributed by atoms with Crippen molar-refractivity contribution in [3.05, 3.63) is 70.5 Å². The first-order valence-corrected chi connectivity index (χ1v) is 14.4. The standard InChI is InChI=1S/C31H40FN5O2/c1-3-4-5-6-7-8-23-14-16-36(21-23)25-11-9-24(10-12-25)29-22-37(17-18-39-29)31-34-28(19-30(38)35(31)2)26-13-15-33-20-27(26)32/h9-13,15,19-20,23,29H,3-8,14,16-18,21-22H2,1-2H3/t23-,29-/m1/s1. The molecule has 2 saturated heterocycles. The largest absolute Gasteiger partial charge is 0.371 e. The minimum absolute atomic E-state index is 0.138. The van der Waals surface area contributed by atoms with Gasteiger partial charge >= 0.3 is 0 Å². The number of nitrogens with zero attached hydrogens (tertiary/aromatic N) is 5. The van der Waals surface area contributed by atoms with Crippen LogP contribution in [-0.4, -0.2) is 47.3 Å². The van der Waals surface area contributed by atoms with Gasteiger partial charge in [0.2, 0.25) is 5.95 Å². The Labute approximate surface area is 230 Å². The van der Waals surface area contributed by atoms with Crippen LogP contribution in [0.15, 0.2) is 53.6 Å². The molecule has 0 radical (unpaired) electrons. The van der Waals surface area contributed by atoms with E-state index in [4.69, 9.17) is 4.74 Å². The average Bonchev–Trinajstić information content (AvgIpc) is 3.44. The third-order valence-electron chi connectivity index (χ3n) is 8.14. The van der Waals surface area contributed by atoms with Crippen LogP contribution >= 0.6 is 0 Å². The number of hydrogen-bond donors (Lipinski definition) is 0. The quantitative estimate of drug-likeness (QED) is 0.310. The molecule has 2 aromatic heterocycles. The zero-order valence-corrected chi connectivity index (χ0v) is 23.2. The molecule has 2 aliphatic heterocycles. The monoisotopic (exact) mass is 533 g/mol. The SMILES string of the molecule is CCCCCCC[C@@H]1CCN(c2ccc([C@H]3CN(c4nc(-c5ccncc5F)cc(=O)n4C)CCO3)cc2)C1. The lowest BCUT2D eigenvalue weighted by atomic mass is 10.00. The molecule has 0 saturated carbocycles. The molecular weight excluding hydrogens is 493 g/mol. The maximum atomic E-state index is 14.4. The number of halogens is 1.